The number of carbonyl (C=O) groups is 1. The molecule has 1 aliphatic heterocycles. The Bertz CT molecular complexity index is 433. The predicted molar refractivity (Wildman–Crippen MR) is 73.3 cm³/mol. The van der Waals surface area contributed by atoms with Gasteiger partial charge in [0.2, 0.25) is 5.91 Å². The zero-order valence-corrected chi connectivity index (χ0v) is 11.8. The van der Waals surface area contributed by atoms with Gasteiger partial charge in [-0.1, -0.05) is 22.0 Å². The number of aryl methyl sites for hydroxylation is 1. The number of hydrogen-bond acceptors (Lipinski definition) is 2. The van der Waals surface area contributed by atoms with Gasteiger partial charge in [0.05, 0.1) is 6.04 Å². The van der Waals surface area contributed by atoms with Gasteiger partial charge in [-0.15, -0.1) is 0 Å². The van der Waals surface area contributed by atoms with Gasteiger partial charge in [-0.2, -0.15) is 0 Å². The lowest BCUT2D eigenvalue weighted by Crippen LogP contribution is -2.49. The van der Waals surface area contributed by atoms with Crippen molar-refractivity contribution in [3.05, 3.63) is 28.2 Å². The summed E-state index contributed by atoms with van der Waals surface area (Å²) in [7, 11) is 1.84. The number of carbonyl (C=O) groups excluding carboxylic acids is 1. The number of halogens is 1. The van der Waals surface area contributed by atoms with Crippen molar-refractivity contribution in [2.45, 2.75) is 25.8 Å². The number of nitrogens with zero attached hydrogens (tertiary/aromatic N) is 1. The molecule has 1 saturated heterocycles. The highest BCUT2D eigenvalue weighted by atomic mass is 79.9. The molecule has 1 aliphatic rings. The minimum absolute atomic E-state index is 0.0381. The molecule has 0 aromatic heterocycles. The van der Waals surface area contributed by atoms with Crippen molar-refractivity contribution in [2.75, 3.05) is 18.5 Å². The van der Waals surface area contributed by atoms with Gasteiger partial charge in [-0.3, -0.25) is 4.79 Å². The molecule has 17 heavy (non-hydrogen) atoms. The van der Waals surface area contributed by atoms with E-state index in [1.165, 1.54) is 5.56 Å². The molecule has 1 aromatic rings. The number of benzene rings is 1. The summed E-state index contributed by atoms with van der Waals surface area (Å²) in [5.74, 6) is 0.175. The summed E-state index contributed by atoms with van der Waals surface area (Å²) in [4.78, 5) is 14.1. The maximum absolute atomic E-state index is 12.2. The third kappa shape index (κ3) is 2.53. The number of rotatable bonds is 2. The highest BCUT2D eigenvalue weighted by Gasteiger charge is 2.28. The number of piperidine rings is 1. The summed E-state index contributed by atoms with van der Waals surface area (Å²) in [6.45, 7) is 2.86. The Kier molecular flexibility index (Phi) is 3.84. The van der Waals surface area contributed by atoms with Gasteiger partial charge in [0.25, 0.3) is 0 Å². The molecule has 0 bridgehead atoms. The molecule has 3 nitrogen and oxygen atoms in total. The lowest BCUT2D eigenvalue weighted by atomic mass is 10.0. The van der Waals surface area contributed by atoms with Crippen LogP contribution in [0.4, 0.5) is 5.69 Å². The van der Waals surface area contributed by atoms with Gasteiger partial charge >= 0.3 is 0 Å². The molecule has 1 heterocycles. The molecule has 2 rings (SSSR count). The van der Waals surface area contributed by atoms with Crippen molar-refractivity contribution in [2.24, 2.45) is 0 Å². The maximum atomic E-state index is 12.2. The molecule has 0 saturated carbocycles. The zero-order chi connectivity index (χ0) is 12.4. The van der Waals surface area contributed by atoms with Crippen molar-refractivity contribution in [3.8, 4) is 0 Å². The van der Waals surface area contributed by atoms with Crippen LogP contribution >= 0.6 is 15.9 Å². The van der Waals surface area contributed by atoms with E-state index in [4.69, 9.17) is 0 Å². The van der Waals surface area contributed by atoms with E-state index in [0.29, 0.717) is 0 Å². The molecule has 4 heteroatoms. The topological polar surface area (TPSA) is 32.3 Å². The Morgan fingerprint density at radius 2 is 2.24 bits per heavy atom. The first kappa shape index (κ1) is 12.6. The average Bonchev–Trinajstić information content (AvgIpc) is 2.33. The molecule has 0 spiro atoms. The van der Waals surface area contributed by atoms with Crippen LogP contribution < -0.4 is 10.2 Å². The Morgan fingerprint density at radius 1 is 1.47 bits per heavy atom. The second kappa shape index (κ2) is 5.19. The van der Waals surface area contributed by atoms with Gasteiger partial charge in [0, 0.05) is 16.7 Å². The summed E-state index contributed by atoms with van der Waals surface area (Å²) < 4.78 is 1.05. The van der Waals surface area contributed by atoms with Crippen LogP contribution in [0.1, 0.15) is 18.4 Å². The number of nitrogens with one attached hydrogen (secondary N) is 1. The van der Waals surface area contributed by atoms with Crippen molar-refractivity contribution < 1.29 is 4.79 Å². The first-order valence-corrected chi connectivity index (χ1v) is 6.67. The highest BCUT2D eigenvalue weighted by Crippen LogP contribution is 2.26. The Balaban J connectivity index is 2.26. The van der Waals surface area contributed by atoms with Crippen LogP contribution in [0.15, 0.2) is 22.7 Å². The van der Waals surface area contributed by atoms with E-state index >= 15 is 0 Å². The summed E-state index contributed by atoms with van der Waals surface area (Å²) >= 11 is 3.51. The van der Waals surface area contributed by atoms with E-state index in [0.717, 1.165) is 29.5 Å². The lowest BCUT2D eigenvalue weighted by molar-refractivity contribution is -0.121. The van der Waals surface area contributed by atoms with E-state index in [1.807, 2.05) is 37.1 Å². The van der Waals surface area contributed by atoms with Crippen LogP contribution in [0, 0.1) is 6.92 Å². The molecular weight excluding hydrogens is 280 g/mol. The van der Waals surface area contributed by atoms with Crippen LogP contribution in [0.5, 0.6) is 0 Å². The Labute approximate surface area is 110 Å². The average molecular weight is 297 g/mol. The second-order valence-corrected chi connectivity index (χ2v) is 5.26. The van der Waals surface area contributed by atoms with E-state index in [1.54, 1.807) is 0 Å². The van der Waals surface area contributed by atoms with E-state index in [9.17, 15) is 4.79 Å². The minimum atomic E-state index is -0.0381. The first-order valence-electron chi connectivity index (χ1n) is 5.88. The Hall–Kier alpha value is -0.870. The van der Waals surface area contributed by atoms with Crippen molar-refractivity contribution in [1.29, 1.82) is 0 Å². The molecule has 1 unspecified atom stereocenters. The van der Waals surface area contributed by atoms with Crippen molar-refractivity contribution in [1.82, 2.24) is 5.32 Å². The van der Waals surface area contributed by atoms with Crippen LogP contribution in [0.2, 0.25) is 0 Å². The summed E-state index contributed by atoms with van der Waals surface area (Å²) in [6.07, 6.45) is 1.97. The smallest absolute Gasteiger partial charge is 0.244 e. The monoisotopic (exact) mass is 296 g/mol. The summed E-state index contributed by atoms with van der Waals surface area (Å²) in [5.41, 5.74) is 2.16. The molecular formula is C13H17BrN2O. The third-order valence-electron chi connectivity index (χ3n) is 3.25. The van der Waals surface area contributed by atoms with Crippen LogP contribution in [0.3, 0.4) is 0 Å². The maximum Gasteiger partial charge on any atom is 0.244 e. The molecule has 0 aliphatic carbocycles. The predicted octanol–water partition coefficient (Wildman–Crippen LogP) is 2.47. The quantitative estimate of drug-likeness (QED) is 0.909. The van der Waals surface area contributed by atoms with Gasteiger partial charge in [-0.25, -0.2) is 0 Å². The molecule has 1 fully saturated rings. The Morgan fingerprint density at radius 3 is 2.88 bits per heavy atom. The third-order valence-corrected chi connectivity index (χ3v) is 4.11. The number of hydrogen-bond donors (Lipinski definition) is 1. The fourth-order valence-electron chi connectivity index (χ4n) is 2.15. The molecule has 0 radical (unpaired) electrons. The normalized spacial score (nSPS) is 20.8. The van der Waals surface area contributed by atoms with E-state index < -0.39 is 0 Å². The molecule has 1 atom stereocenters. The standard InChI is InChI=1S/C13H17BrN2O/c1-9-5-6-10(8-11(9)14)16-7-3-4-12(15-2)13(16)17/h5-6,8,12,15H,3-4,7H2,1-2H3. The van der Waals surface area contributed by atoms with Crippen molar-refractivity contribution in [3.63, 3.8) is 0 Å². The fraction of sp³-hybridized carbons (Fsp3) is 0.462. The van der Waals surface area contributed by atoms with Gasteiger partial charge in [0.1, 0.15) is 0 Å². The SMILES string of the molecule is CNC1CCCN(c2ccc(C)c(Br)c2)C1=O. The highest BCUT2D eigenvalue weighted by molar-refractivity contribution is 9.10. The van der Waals surface area contributed by atoms with Gasteiger partial charge < -0.3 is 10.2 Å². The molecule has 92 valence electrons. The fourth-order valence-corrected chi connectivity index (χ4v) is 2.52. The zero-order valence-electron chi connectivity index (χ0n) is 10.2. The molecule has 1 aromatic carbocycles. The van der Waals surface area contributed by atoms with Crippen LogP contribution in [0.25, 0.3) is 0 Å². The van der Waals surface area contributed by atoms with Gasteiger partial charge in [-0.05, 0) is 44.5 Å². The minimum Gasteiger partial charge on any atom is -0.311 e. The van der Waals surface area contributed by atoms with Crippen LogP contribution in [-0.2, 0) is 4.79 Å². The van der Waals surface area contributed by atoms with E-state index in [2.05, 4.69) is 21.2 Å². The van der Waals surface area contributed by atoms with Gasteiger partial charge in [0.15, 0.2) is 0 Å². The lowest BCUT2D eigenvalue weighted by Gasteiger charge is -2.32. The molecule has 1 amide bonds. The summed E-state index contributed by atoms with van der Waals surface area (Å²) in [6, 6.07) is 6.03. The van der Waals surface area contributed by atoms with Crippen molar-refractivity contribution >= 4 is 27.5 Å². The molecule has 1 N–H and O–H groups in total. The van der Waals surface area contributed by atoms with Crippen LogP contribution in [-0.4, -0.2) is 25.5 Å². The number of likely N-dealkylation sites (N-methyl/N-ethyl adjacent to an activating group) is 1. The second-order valence-electron chi connectivity index (χ2n) is 4.41. The first-order chi connectivity index (χ1) is 8.13. The van der Waals surface area contributed by atoms with E-state index in [-0.39, 0.29) is 11.9 Å². The summed E-state index contributed by atoms with van der Waals surface area (Å²) in [5, 5.41) is 3.08. The number of amides is 1. The largest absolute Gasteiger partial charge is 0.311 e. The number of anilines is 1.